The van der Waals surface area contributed by atoms with Crippen molar-refractivity contribution in [1.82, 2.24) is 15.1 Å². The smallest absolute Gasteiger partial charge is 0.242 e. The number of benzene rings is 1. The lowest BCUT2D eigenvalue weighted by Crippen LogP contribution is -2.52. The maximum atomic E-state index is 12.8. The van der Waals surface area contributed by atoms with Crippen LogP contribution in [0.25, 0.3) is 0 Å². The average molecular weight is 333 g/mol. The standard InChI is InChI=1S/C19H31N3O2/c1-4-24-15-14-21-10-12-22(13-11-21)18(19(23)20-16(2)3)17-8-6-5-7-9-17/h5-9,16,18H,4,10-15H2,1-3H3,(H,20,23)/t18-/m1/s1. The van der Waals surface area contributed by atoms with E-state index in [1.54, 1.807) is 0 Å². The highest BCUT2D eigenvalue weighted by molar-refractivity contribution is 5.83. The molecule has 0 unspecified atom stereocenters. The second-order valence-electron chi connectivity index (χ2n) is 6.55. The summed E-state index contributed by atoms with van der Waals surface area (Å²) < 4.78 is 5.44. The second kappa shape index (κ2) is 9.77. The van der Waals surface area contributed by atoms with E-state index in [1.165, 1.54) is 0 Å². The molecule has 1 aliphatic heterocycles. The van der Waals surface area contributed by atoms with Gasteiger partial charge in [0.1, 0.15) is 6.04 Å². The van der Waals surface area contributed by atoms with Crippen molar-refractivity contribution in [3.8, 4) is 0 Å². The Bertz CT molecular complexity index is 485. The highest BCUT2D eigenvalue weighted by Crippen LogP contribution is 2.22. The van der Waals surface area contributed by atoms with E-state index in [1.807, 2.05) is 51.1 Å². The van der Waals surface area contributed by atoms with Crippen LogP contribution >= 0.6 is 0 Å². The normalized spacial score (nSPS) is 17.8. The molecular formula is C19H31N3O2. The van der Waals surface area contributed by atoms with E-state index in [0.717, 1.165) is 51.5 Å². The predicted octanol–water partition coefficient (Wildman–Crippen LogP) is 1.91. The third-order valence-electron chi connectivity index (χ3n) is 4.32. The van der Waals surface area contributed by atoms with Gasteiger partial charge in [-0.1, -0.05) is 30.3 Å². The summed E-state index contributed by atoms with van der Waals surface area (Å²) in [5.74, 6) is 0.0963. The van der Waals surface area contributed by atoms with Crippen molar-refractivity contribution >= 4 is 5.91 Å². The van der Waals surface area contributed by atoms with E-state index in [2.05, 4.69) is 15.1 Å². The number of nitrogens with one attached hydrogen (secondary N) is 1. The van der Waals surface area contributed by atoms with Gasteiger partial charge < -0.3 is 10.1 Å². The Morgan fingerprint density at radius 3 is 2.42 bits per heavy atom. The number of rotatable bonds is 8. The highest BCUT2D eigenvalue weighted by atomic mass is 16.5. The third-order valence-corrected chi connectivity index (χ3v) is 4.32. The van der Waals surface area contributed by atoms with Gasteiger partial charge in [0, 0.05) is 45.4 Å². The summed E-state index contributed by atoms with van der Waals surface area (Å²) in [6.45, 7) is 12.3. The summed E-state index contributed by atoms with van der Waals surface area (Å²) in [6, 6.07) is 10.0. The zero-order chi connectivity index (χ0) is 17.4. The van der Waals surface area contributed by atoms with Crippen molar-refractivity contribution in [3.63, 3.8) is 0 Å². The lowest BCUT2D eigenvalue weighted by Gasteiger charge is -2.39. The number of carbonyl (C=O) groups is 1. The number of ether oxygens (including phenoxy) is 1. The molecule has 1 amide bonds. The molecule has 5 heteroatoms. The zero-order valence-electron chi connectivity index (χ0n) is 15.2. The molecule has 1 fully saturated rings. The van der Waals surface area contributed by atoms with Gasteiger partial charge in [0.05, 0.1) is 6.61 Å². The fourth-order valence-corrected chi connectivity index (χ4v) is 3.11. The SMILES string of the molecule is CCOCCN1CCN([C@@H](C(=O)NC(C)C)c2ccccc2)CC1. The lowest BCUT2D eigenvalue weighted by molar-refractivity contribution is -0.128. The van der Waals surface area contributed by atoms with Crippen molar-refractivity contribution in [3.05, 3.63) is 35.9 Å². The minimum Gasteiger partial charge on any atom is -0.380 e. The van der Waals surface area contributed by atoms with Gasteiger partial charge in [0.15, 0.2) is 0 Å². The maximum absolute atomic E-state index is 12.8. The van der Waals surface area contributed by atoms with Crippen molar-refractivity contribution in [2.75, 3.05) is 45.9 Å². The van der Waals surface area contributed by atoms with Gasteiger partial charge in [0.25, 0.3) is 0 Å². The molecule has 24 heavy (non-hydrogen) atoms. The van der Waals surface area contributed by atoms with Crippen LogP contribution in [0.1, 0.15) is 32.4 Å². The first-order valence-corrected chi connectivity index (χ1v) is 9.01. The second-order valence-corrected chi connectivity index (χ2v) is 6.55. The molecule has 1 heterocycles. The van der Waals surface area contributed by atoms with E-state index < -0.39 is 0 Å². The van der Waals surface area contributed by atoms with Crippen LogP contribution < -0.4 is 5.32 Å². The molecule has 1 N–H and O–H groups in total. The summed E-state index contributed by atoms with van der Waals surface area (Å²) in [6.07, 6.45) is 0. The first-order chi connectivity index (χ1) is 11.6. The molecule has 1 aromatic rings. The number of amides is 1. The van der Waals surface area contributed by atoms with Crippen LogP contribution in [0.3, 0.4) is 0 Å². The molecule has 134 valence electrons. The Balaban J connectivity index is 1.99. The number of nitrogens with zero attached hydrogens (tertiary/aromatic N) is 2. The summed E-state index contributed by atoms with van der Waals surface area (Å²) in [7, 11) is 0. The highest BCUT2D eigenvalue weighted by Gasteiger charge is 2.30. The molecule has 0 aromatic heterocycles. The summed E-state index contributed by atoms with van der Waals surface area (Å²) in [4.78, 5) is 17.5. The quantitative estimate of drug-likeness (QED) is 0.738. The molecule has 1 aliphatic rings. The topological polar surface area (TPSA) is 44.8 Å². The molecule has 0 radical (unpaired) electrons. The number of hydrogen-bond donors (Lipinski definition) is 1. The maximum Gasteiger partial charge on any atom is 0.242 e. The van der Waals surface area contributed by atoms with Crippen LogP contribution in [-0.2, 0) is 9.53 Å². The minimum atomic E-state index is -0.206. The first-order valence-electron chi connectivity index (χ1n) is 9.01. The molecule has 2 rings (SSSR count). The van der Waals surface area contributed by atoms with Crippen molar-refractivity contribution in [2.45, 2.75) is 32.9 Å². The van der Waals surface area contributed by atoms with Crippen molar-refractivity contribution in [2.24, 2.45) is 0 Å². The Morgan fingerprint density at radius 1 is 1.17 bits per heavy atom. The lowest BCUT2D eigenvalue weighted by atomic mass is 10.0. The van der Waals surface area contributed by atoms with Gasteiger partial charge in [-0.2, -0.15) is 0 Å². The van der Waals surface area contributed by atoms with E-state index in [4.69, 9.17) is 4.74 Å². The van der Waals surface area contributed by atoms with Crippen LogP contribution in [-0.4, -0.2) is 67.7 Å². The molecule has 0 bridgehead atoms. The number of hydrogen-bond acceptors (Lipinski definition) is 4. The van der Waals surface area contributed by atoms with Crippen LogP contribution in [0.2, 0.25) is 0 Å². The van der Waals surface area contributed by atoms with E-state index in [0.29, 0.717) is 0 Å². The van der Waals surface area contributed by atoms with Crippen molar-refractivity contribution in [1.29, 1.82) is 0 Å². The Hall–Kier alpha value is -1.43. The van der Waals surface area contributed by atoms with Crippen LogP contribution in [0, 0.1) is 0 Å². The fourth-order valence-electron chi connectivity index (χ4n) is 3.11. The minimum absolute atomic E-state index is 0.0963. The summed E-state index contributed by atoms with van der Waals surface area (Å²) in [5, 5.41) is 3.08. The average Bonchev–Trinajstić information content (AvgIpc) is 2.57. The van der Waals surface area contributed by atoms with Crippen molar-refractivity contribution < 1.29 is 9.53 Å². The van der Waals surface area contributed by atoms with Crippen LogP contribution in [0.4, 0.5) is 0 Å². The molecule has 1 atom stereocenters. The number of carbonyl (C=O) groups excluding carboxylic acids is 1. The Labute approximate surface area is 146 Å². The van der Waals surface area contributed by atoms with Gasteiger partial charge in [0.2, 0.25) is 5.91 Å². The molecule has 0 saturated carbocycles. The van der Waals surface area contributed by atoms with Crippen LogP contribution in [0.5, 0.6) is 0 Å². The molecule has 5 nitrogen and oxygen atoms in total. The molecule has 0 aliphatic carbocycles. The van der Waals surface area contributed by atoms with E-state index >= 15 is 0 Å². The number of piperazine rings is 1. The monoisotopic (exact) mass is 333 g/mol. The van der Waals surface area contributed by atoms with Gasteiger partial charge in [-0.05, 0) is 26.3 Å². The predicted molar refractivity (Wildman–Crippen MR) is 97.0 cm³/mol. The van der Waals surface area contributed by atoms with Gasteiger partial charge >= 0.3 is 0 Å². The van der Waals surface area contributed by atoms with E-state index in [9.17, 15) is 4.79 Å². The van der Waals surface area contributed by atoms with Gasteiger partial charge in [-0.15, -0.1) is 0 Å². The van der Waals surface area contributed by atoms with E-state index in [-0.39, 0.29) is 18.0 Å². The third kappa shape index (κ3) is 5.58. The molecular weight excluding hydrogens is 302 g/mol. The fraction of sp³-hybridized carbons (Fsp3) is 0.632. The van der Waals surface area contributed by atoms with Crippen LogP contribution in [0.15, 0.2) is 30.3 Å². The largest absolute Gasteiger partial charge is 0.380 e. The first kappa shape index (κ1) is 18.9. The summed E-state index contributed by atoms with van der Waals surface area (Å²) >= 11 is 0. The van der Waals surface area contributed by atoms with Gasteiger partial charge in [-0.25, -0.2) is 0 Å². The molecule has 1 aromatic carbocycles. The zero-order valence-corrected chi connectivity index (χ0v) is 15.2. The summed E-state index contributed by atoms with van der Waals surface area (Å²) in [5.41, 5.74) is 1.07. The molecule has 1 saturated heterocycles. The Morgan fingerprint density at radius 2 is 1.83 bits per heavy atom. The Kier molecular flexibility index (Phi) is 7.69. The molecule has 0 spiro atoms. The van der Waals surface area contributed by atoms with Gasteiger partial charge in [-0.3, -0.25) is 14.6 Å².